The number of rotatable bonds is 4. The summed E-state index contributed by atoms with van der Waals surface area (Å²) in [6.45, 7) is 4.49. The maximum absolute atomic E-state index is 12.0. The number of likely N-dealkylation sites (tertiary alicyclic amines) is 1. The van der Waals surface area contributed by atoms with E-state index in [4.69, 9.17) is 5.11 Å². The summed E-state index contributed by atoms with van der Waals surface area (Å²) in [4.78, 5) is 36.9. The maximum Gasteiger partial charge on any atom is 0.345 e. The molecule has 0 bridgehead atoms. The van der Waals surface area contributed by atoms with Crippen LogP contribution in [0.4, 0.5) is 0 Å². The lowest BCUT2D eigenvalue weighted by Gasteiger charge is -2.21. The molecule has 1 aromatic heterocycles. The van der Waals surface area contributed by atoms with Crippen molar-refractivity contribution in [3.8, 4) is 0 Å². The molecule has 7 heteroatoms. The highest BCUT2D eigenvalue weighted by molar-refractivity contribution is 7.15. The van der Waals surface area contributed by atoms with Crippen LogP contribution in [0.1, 0.15) is 39.6 Å². The number of nitrogens with one attached hydrogen (secondary N) is 1. The third kappa shape index (κ3) is 2.82. The van der Waals surface area contributed by atoms with Crippen molar-refractivity contribution >= 4 is 29.1 Å². The number of nitrogens with zero attached hydrogens (tertiary/aromatic N) is 1. The van der Waals surface area contributed by atoms with Gasteiger partial charge in [0.2, 0.25) is 5.91 Å². The first-order valence-corrected chi connectivity index (χ1v) is 7.16. The quantitative estimate of drug-likeness (QED) is 0.873. The average Bonchev–Trinajstić information content (AvgIpc) is 2.97. The van der Waals surface area contributed by atoms with Crippen molar-refractivity contribution in [3.05, 3.63) is 21.9 Å². The Labute approximate surface area is 120 Å². The monoisotopic (exact) mass is 296 g/mol. The number of thiophene rings is 1. The lowest BCUT2D eigenvalue weighted by atomic mass is 10.2. The highest BCUT2D eigenvalue weighted by Crippen LogP contribution is 2.18. The fraction of sp³-hybridized carbons (Fsp3) is 0.462. The van der Waals surface area contributed by atoms with Crippen LogP contribution in [0.5, 0.6) is 0 Å². The minimum absolute atomic E-state index is 0.0802. The van der Waals surface area contributed by atoms with Crippen molar-refractivity contribution in [3.63, 3.8) is 0 Å². The number of carbonyl (C=O) groups excluding carboxylic acids is 2. The van der Waals surface area contributed by atoms with Crippen molar-refractivity contribution in [1.29, 1.82) is 0 Å². The highest BCUT2D eigenvalue weighted by atomic mass is 32.1. The Morgan fingerprint density at radius 2 is 2.05 bits per heavy atom. The summed E-state index contributed by atoms with van der Waals surface area (Å²) in [5, 5.41) is 11.5. The number of carboxylic acids is 1. The summed E-state index contributed by atoms with van der Waals surface area (Å²) in [7, 11) is 0. The molecule has 20 heavy (non-hydrogen) atoms. The summed E-state index contributed by atoms with van der Waals surface area (Å²) in [6.07, 6.45) is 0.583. The Bertz CT molecular complexity index is 552. The molecule has 0 aliphatic carbocycles. The maximum atomic E-state index is 12.0. The summed E-state index contributed by atoms with van der Waals surface area (Å²) in [6, 6.07) is 2.45. The number of hydrogen-bond donors (Lipinski definition) is 2. The van der Waals surface area contributed by atoms with Crippen LogP contribution >= 0.6 is 11.3 Å². The van der Waals surface area contributed by atoms with Gasteiger partial charge in [-0.15, -0.1) is 11.3 Å². The average molecular weight is 296 g/mol. The Hall–Kier alpha value is -1.89. The van der Waals surface area contributed by atoms with E-state index in [0.29, 0.717) is 17.8 Å². The molecule has 1 aliphatic rings. The van der Waals surface area contributed by atoms with Gasteiger partial charge in [-0.3, -0.25) is 9.59 Å². The molecule has 0 saturated carbocycles. The van der Waals surface area contributed by atoms with Crippen LogP contribution < -0.4 is 5.32 Å². The Morgan fingerprint density at radius 3 is 2.55 bits per heavy atom. The molecule has 2 amide bonds. The molecule has 0 radical (unpaired) electrons. The van der Waals surface area contributed by atoms with E-state index in [2.05, 4.69) is 5.32 Å². The zero-order chi connectivity index (χ0) is 14.9. The summed E-state index contributed by atoms with van der Waals surface area (Å²) in [5.41, 5.74) is 0. The van der Waals surface area contributed by atoms with Crippen LogP contribution in [0.2, 0.25) is 0 Å². The molecule has 0 aromatic carbocycles. The molecule has 6 nitrogen and oxygen atoms in total. The summed E-state index contributed by atoms with van der Waals surface area (Å²) < 4.78 is 0. The molecule has 2 rings (SSSR count). The van der Waals surface area contributed by atoms with Crippen molar-refractivity contribution in [2.45, 2.75) is 32.4 Å². The summed E-state index contributed by atoms with van der Waals surface area (Å²) >= 11 is 0.904. The van der Waals surface area contributed by atoms with Gasteiger partial charge in [0, 0.05) is 12.6 Å². The van der Waals surface area contributed by atoms with Crippen molar-refractivity contribution in [2.24, 2.45) is 0 Å². The van der Waals surface area contributed by atoms with Gasteiger partial charge in [-0.2, -0.15) is 0 Å². The first-order chi connectivity index (χ1) is 9.40. The van der Waals surface area contributed by atoms with Crippen LogP contribution in [0.25, 0.3) is 0 Å². The van der Waals surface area contributed by atoms with Gasteiger partial charge in [0.05, 0.1) is 4.88 Å². The Morgan fingerprint density at radius 1 is 1.40 bits per heavy atom. The van der Waals surface area contributed by atoms with Crippen LogP contribution in [0.15, 0.2) is 12.1 Å². The molecule has 1 atom stereocenters. The fourth-order valence-corrected chi connectivity index (χ4v) is 2.90. The number of carbonyl (C=O) groups is 3. The molecule has 1 fully saturated rings. The van der Waals surface area contributed by atoms with Gasteiger partial charge in [0.1, 0.15) is 10.9 Å². The van der Waals surface area contributed by atoms with E-state index in [1.807, 2.05) is 13.8 Å². The van der Waals surface area contributed by atoms with E-state index < -0.39 is 17.9 Å². The number of hydrogen-bond acceptors (Lipinski definition) is 4. The Balaban J connectivity index is 2.01. The van der Waals surface area contributed by atoms with E-state index in [0.717, 1.165) is 11.3 Å². The smallest absolute Gasteiger partial charge is 0.345 e. The lowest BCUT2D eigenvalue weighted by Crippen LogP contribution is -2.43. The largest absolute Gasteiger partial charge is 0.477 e. The zero-order valence-electron chi connectivity index (χ0n) is 11.3. The van der Waals surface area contributed by atoms with Crippen LogP contribution in [-0.4, -0.2) is 46.4 Å². The lowest BCUT2D eigenvalue weighted by molar-refractivity contribution is -0.130. The van der Waals surface area contributed by atoms with E-state index in [1.165, 1.54) is 12.1 Å². The molecule has 1 saturated heterocycles. The van der Waals surface area contributed by atoms with E-state index in [9.17, 15) is 14.4 Å². The fourth-order valence-electron chi connectivity index (χ4n) is 2.15. The van der Waals surface area contributed by atoms with Crippen molar-refractivity contribution < 1.29 is 19.5 Å². The van der Waals surface area contributed by atoms with Gasteiger partial charge in [0.15, 0.2) is 0 Å². The van der Waals surface area contributed by atoms with Gasteiger partial charge in [0.25, 0.3) is 5.91 Å². The standard InChI is InChI=1S/C13H16N2O4S/c1-7(2)15-6-5-8(12(15)17)14-11(16)9-3-4-10(20-9)13(18)19/h3-4,7-8H,5-6H2,1-2H3,(H,14,16)(H,18,19). The Kier molecular flexibility index (Phi) is 4.08. The van der Waals surface area contributed by atoms with E-state index >= 15 is 0 Å². The van der Waals surface area contributed by atoms with Crippen LogP contribution in [0.3, 0.4) is 0 Å². The minimum atomic E-state index is -1.06. The first kappa shape index (κ1) is 14.5. The molecule has 2 N–H and O–H groups in total. The number of amides is 2. The van der Waals surface area contributed by atoms with Gasteiger partial charge in [-0.1, -0.05) is 0 Å². The third-order valence-electron chi connectivity index (χ3n) is 3.21. The predicted molar refractivity (Wildman–Crippen MR) is 74.0 cm³/mol. The SMILES string of the molecule is CC(C)N1CCC(NC(=O)c2ccc(C(=O)O)s2)C1=O. The van der Waals surface area contributed by atoms with Crippen LogP contribution in [0, 0.1) is 0 Å². The van der Waals surface area contributed by atoms with Gasteiger partial charge in [-0.25, -0.2) is 4.79 Å². The van der Waals surface area contributed by atoms with Crippen molar-refractivity contribution in [1.82, 2.24) is 10.2 Å². The normalized spacial score (nSPS) is 18.6. The second kappa shape index (κ2) is 5.62. The van der Waals surface area contributed by atoms with Crippen LogP contribution in [-0.2, 0) is 4.79 Å². The van der Waals surface area contributed by atoms with Crippen molar-refractivity contribution in [2.75, 3.05) is 6.54 Å². The zero-order valence-corrected chi connectivity index (χ0v) is 12.1. The molecular formula is C13H16N2O4S. The number of carboxylic acid groups (broad SMARTS) is 1. The van der Waals surface area contributed by atoms with Gasteiger partial charge >= 0.3 is 5.97 Å². The number of aromatic carboxylic acids is 1. The minimum Gasteiger partial charge on any atom is -0.477 e. The molecule has 0 spiro atoms. The third-order valence-corrected chi connectivity index (χ3v) is 4.28. The van der Waals surface area contributed by atoms with Gasteiger partial charge < -0.3 is 15.3 Å². The summed E-state index contributed by atoms with van der Waals surface area (Å²) in [5.74, 6) is -1.54. The molecule has 1 aliphatic heterocycles. The second-order valence-corrected chi connectivity index (χ2v) is 5.99. The predicted octanol–water partition coefficient (Wildman–Crippen LogP) is 1.19. The molecule has 1 aromatic rings. The van der Waals surface area contributed by atoms with E-state index in [1.54, 1.807) is 4.90 Å². The van der Waals surface area contributed by atoms with Gasteiger partial charge in [-0.05, 0) is 32.4 Å². The second-order valence-electron chi connectivity index (χ2n) is 4.91. The highest BCUT2D eigenvalue weighted by Gasteiger charge is 2.34. The topological polar surface area (TPSA) is 86.7 Å². The molecular weight excluding hydrogens is 280 g/mol. The molecule has 108 valence electrons. The molecule has 2 heterocycles. The molecule has 1 unspecified atom stereocenters. The van der Waals surface area contributed by atoms with E-state index in [-0.39, 0.29) is 16.8 Å². The first-order valence-electron chi connectivity index (χ1n) is 6.34.